The van der Waals surface area contributed by atoms with E-state index in [-0.39, 0.29) is 5.60 Å². The van der Waals surface area contributed by atoms with Gasteiger partial charge in [0.05, 0.1) is 5.60 Å². The maximum absolute atomic E-state index is 6.14. The average molecular weight is 304 g/mol. The minimum atomic E-state index is 0.134. The molecule has 0 aromatic heterocycles. The van der Waals surface area contributed by atoms with Gasteiger partial charge in [-0.05, 0) is 37.8 Å². The van der Waals surface area contributed by atoms with Crippen molar-refractivity contribution in [1.29, 1.82) is 0 Å². The summed E-state index contributed by atoms with van der Waals surface area (Å²) in [6, 6.07) is 8.68. The molecule has 1 saturated heterocycles. The van der Waals surface area contributed by atoms with Crippen LogP contribution in [0.1, 0.15) is 44.1 Å². The molecule has 3 rings (SSSR count). The highest BCUT2D eigenvalue weighted by atomic mass is 32.1. The first-order valence-electron chi connectivity index (χ1n) is 7.87. The van der Waals surface area contributed by atoms with Crippen LogP contribution in [-0.4, -0.2) is 30.3 Å². The second-order valence-electron chi connectivity index (χ2n) is 6.38. The molecule has 3 nitrogen and oxygen atoms in total. The van der Waals surface area contributed by atoms with E-state index in [1.807, 2.05) is 12.1 Å². The Bertz CT molecular complexity index is 525. The molecule has 2 aliphatic rings. The number of ether oxygens (including phenoxy) is 1. The van der Waals surface area contributed by atoms with Gasteiger partial charge < -0.3 is 15.4 Å². The Morgan fingerprint density at radius 2 is 2.05 bits per heavy atom. The molecule has 4 heteroatoms. The SMILES string of the molecule is CN(c1ccccc1C(N)=S)C1CCOC2(CCCC2)C1. The number of hydrogen-bond acceptors (Lipinski definition) is 3. The van der Waals surface area contributed by atoms with E-state index in [2.05, 4.69) is 24.1 Å². The molecule has 1 atom stereocenters. The predicted molar refractivity (Wildman–Crippen MR) is 90.9 cm³/mol. The highest BCUT2D eigenvalue weighted by Gasteiger charge is 2.41. The lowest BCUT2D eigenvalue weighted by Crippen LogP contribution is -2.46. The summed E-state index contributed by atoms with van der Waals surface area (Å²) in [4.78, 5) is 2.83. The van der Waals surface area contributed by atoms with Crippen LogP contribution in [0.5, 0.6) is 0 Å². The lowest BCUT2D eigenvalue weighted by Gasteiger charge is -2.43. The van der Waals surface area contributed by atoms with E-state index < -0.39 is 0 Å². The van der Waals surface area contributed by atoms with Gasteiger partial charge >= 0.3 is 0 Å². The van der Waals surface area contributed by atoms with E-state index in [1.165, 1.54) is 25.7 Å². The summed E-state index contributed by atoms with van der Waals surface area (Å²) < 4.78 is 6.14. The molecular formula is C17H24N2OS. The van der Waals surface area contributed by atoms with Crippen molar-refractivity contribution >= 4 is 22.9 Å². The fraction of sp³-hybridized carbons (Fsp3) is 0.588. The quantitative estimate of drug-likeness (QED) is 0.870. The van der Waals surface area contributed by atoms with Crippen molar-refractivity contribution in [2.45, 2.75) is 50.2 Å². The maximum Gasteiger partial charge on any atom is 0.106 e. The van der Waals surface area contributed by atoms with Gasteiger partial charge in [0.2, 0.25) is 0 Å². The van der Waals surface area contributed by atoms with Crippen molar-refractivity contribution in [2.24, 2.45) is 5.73 Å². The van der Waals surface area contributed by atoms with Crippen LogP contribution < -0.4 is 10.6 Å². The lowest BCUT2D eigenvalue weighted by atomic mass is 9.88. The van der Waals surface area contributed by atoms with Gasteiger partial charge in [-0.15, -0.1) is 0 Å². The summed E-state index contributed by atoms with van der Waals surface area (Å²) in [6.45, 7) is 0.865. The Kier molecular flexibility index (Phi) is 4.18. The highest BCUT2D eigenvalue weighted by molar-refractivity contribution is 7.80. The van der Waals surface area contributed by atoms with Gasteiger partial charge in [0, 0.05) is 30.9 Å². The van der Waals surface area contributed by atoms with Crippen molar-refractivity contribution in [3.05, 3.63) is 29.8 Å². The first-order chi connectivity index (χ1) is 10.1. The molecule has 1 heterocycles. The summed E-state index contributed by atoms with van der Waals surface area (Å²) in [5.41, 5.74) is 8.13. The second-order valence-corrected chi connectivity index (χ2v) is 6.82. The monoisotopic (exact) mass is 304 g/mol. The van der Waals surface area contributed by atoms with Crippen LogP contribution in [-0.2, 0) is 4.74 Å². The number of para-hydroxylation sites is 1. The van der Waals surface area contributed by atoms with Crippen molar-refractivity contribution < 1.29 is 4.74 Å². The summed E-state index contributed by atoms with van der Waals surface area (Å²) in [5, 5.41) is 0. The third-order valence-electron chi connectivity index (χ3n) is 5.08. The standard InChI is InChI=1S/C17H24N2OS/c1-19(15-7-3-2-6-14(15)16(18)21)13-8-11-20-17(12-13)9-4-5-10-17/h2-3,6-7,13H,4-5,8-12H2,1H3,(H2,18,21). The minimum absolute atomic E-state index is 0.134. The van der Waals surface area contributed by atoms with Crippen LogP contribution in [0.4, 0.5) is 5.69 Å². The second kappa shape index (κ2) is 5.93. The average Bonchev–Trinajstić information content (AvgIpc) is 2.94. The van der Waals surface area contributed by atoms with Gasteiger partial charge in [-0.3, -0.25) is 0 Å². The Hall–Kier alpha value is -1.13. The van der Waals surface area contributed by atoms with E-state index in [0.717, 1.165) is 30.7 Å². The van der Waals surface area contributed by atoms with Crippen LogP contribution in [0, 0.1) is 0 Å². The van der Waals surface area contributed by atoms with Gasteiger partial charge in [-0.25, -0.2) is 0 Å². The third kappa shape index (κ3) is 2.92. The number of nitrogens with zero attached hydrogens (tertiary/aromatic N) is 1. The topological polar surface area (TPSA) is 38.5 Å². The fourth-order valence-corrected chi connectivity index (χ4v) is 4.06. The molecule has 1 aliphatic heterocycles. The smallest absolute Gasteiger partial charge is 0.106 e. The number of nitrogens with two attached hydrogens (primary N) is 1. The number of benzene rings is 1. The van der Waals surface area contributed by atoms with E-state index in [0.29, 0.717) is 11.0 Å². The maximum atomic E-state index is 6.14. The van der Waals surface area contributed by atoms with Crippen LogP contribution in [0.3, 0.4) is 0 Å². The lowest BCUT2D eigenvalue weighted by molar-refractivity contribution is -0.0795. The zero-order valence-corrected chi connectivity index (χ0v) is 13.5. The van der Waals surface area contributed by atoms with Crippen LogP contribution in [0.2, 0.25) is 0 Å². The zero-order chi connectivity index (χ0) is 14.9. The largest absolute Gasteiger partial charge is 0.389 e. The van der Waals surface area contributed by atoms with E-state index in [9.17, 15) is 0 Å². The molecule has 21 heavy (non-hydrogen) atoms. The normalized spacial score (nSPS) is 24.1. The molecule has 0 amide bonds. The summed E-state index contributed by atoms with van der Waals surface area (Å²) >= 11 is 5.20. The molecule has 1 aromatic rings. The molecule has 1 aromatic carbocycles. The molecule has 0 radical (unpaired) electrons. The van der Waals surface area contributed by atoms with Gasteiger partial charge in [0.25, 0.3) is 0 Å². The Balaban J connectivity index is 1.81. The molecule has 2 fully saturated rings. The molecule has 1 spiro atoms. The first-order valence-corrected chi connectivity index (χ1v) is 8.28. The highest BCUT2D eigenvalue weighted by Crippen LogP contribution is 2.41. The number of rotatable bonds is 3. The van der Waals surface area contributed by atoms with Crippen molar-refractivity contribution in [1.82, 2.24) is 0 Å². The van der Waals surface area contributed by atoms with Crippen molar-refractivity contribution in [3.63, 3.8) is 0 Å². The fourth-order valence-electron chi connectivity index (χ4n) is 3.89. The van der Waals surface area contributed by atoms with Gasteiger partial charge in [-0.2, -0.15) is 0 Å². The number of hydrogen-bond donors (Lipinski definition) is 1. The van der Waals surface area contributed by atoms with Crippen LogP contribution in [0.15, 0.2) is 24.3 Å². The Labute approximate surface area is 132 Å². The van der Waals surface area contributed by atoms with Crippen LogP contribution >= 0.6 is 12.2 Å². The number of anilines is 1. The molecule has 1 aliphatic carbocycles. The molecule has 1 saturated carbocycles. The van der Waals surface area contributed by atoms with Gasteiger partial charge in [0.1, 0.15) is 4.99 Å². The molecule has 0 bridgehead atoms. The van der Waals surface area contributed by atoms with Gasteiger partial charge in [0.15, 0.2) is 0 Å². The number of thiocarbonyl (C=S) groups is 1. The molecule has 114 valence electrons. The molecule has 2 N–H and O–H groups in total. The summed E-state index contributed by atoms with van der Waals surface area (Å²) in [7, 11) is 2.16. The van der Waals surface area contributed by atoms with Crippen molar-refractivity contribution in [3.8, 4) is 0 Å². The minimum Gasteiger partial charge on any atom is -0.389 e. The molecular weight excluding hydrogens is 280 g/mol. The van der Waals surface area contributed by atoms with Gasteiger partial charge in [-0.1, -0.05) is 37.2 Å². The Morgan fingerprint density at radius 3 is 2.76 bits per heavy atom. The first kappa shape index (κ1) is 14.8. The van der Waals surface area contributed by atoms with E-state index >= 15 is 0 Å². The Morgan fingerprint density at radius 1 is 1.33 bits per heavy atom. The summed E-state index contributed by atoms with van der Waals surface area (Å²) in [5.74, 6) is 0. The zero-order valence-electron chi connectivity index (χ0n) is 12.7. The summed E-state index contributed by atoms with van der Waals surface area (Å²) in [6.07, 6.45) is 7.24. The molecule has 1 unspecified atom stereocenters. The van der Waals surface area contributed by atoms with E-state index in [1.54, 1.807) is 0 Å². The third-order valence-corrected chi connectivity index (χ3v) is 5.30. The van der Waals surface area contributed by atoms with Crippen LogP contribution in [0.25, 0.3) is 0 Å². The van der Waals surface area contributed by atoms with Crippen molar-refractivity contribution in [2.75, 3.05) is 18.6 Å². The predicted octanol–water partition coefficient (Wildman–Crippen LogP) is 3.25. The van der Waals surface area contributed by atoms with E-state index in [4.69, 9.17) is 22.7 Å².